The summed E-state index contributed by atoms with van der Waals surface area (Å²) in [5.74, 6) is 6.71. The summed E-state index contributed by atoms with van der Waals surface area (Å²) in [5, 5.41) is 3.08. The number of nitrogens with one attached hydrogen (secondary N) is 2. The highest BCUT2D eigenvalue weighted by Gasteiger charge is 1.97. The van der Waals surface area contributed by atoms with E-state index in [2.05, 4.69) is 21.8 Å². The van der Waals surface area contributed by atoms with Crippen molar-refractivity contribution in [3.8, 4) is 5.75 Å². The minimum Gasteiger partial charge on any atom is -0.497 e. The normalized spacial score (nSPS) is 11.1. The molecule has 4 N–H and O–H groups in total. The van der Waals surface area contributed by atoms with Crippen LogP contribution in [0, 0.1) is 0 Å². The van der Waals surface area contributed by atoms with Gasteiger partial charge in [0.05, 0.1) is 7.11 Å². The van der Waals surface area contributed by atoms with Crippen LogP contribution in [0.5, 0.6) is 5.75 Å². The fourth-order valence-electron chi connectivity index (χ4n) is 1.35. The summed E-state index contributed by atoms with van der Waals surface area (Å²) < 4.78 is 5.15. The molecule has 5 heteroatoms. The van der Waals surface area contributed by atoms with Crippen LogP contribution in [0.25, 0.3) is 0 Å². The number of nitrogens with two attached hydrogens (primary N) is 1. The maximum Gasteiger partial charge on any atom is 0.205 e. The molecule has 0 aliphatic heterocycles. The zero-order valence-electron chi connectivity index (χ0n) is 9.66. The maximum absolute atomic E-state index is 5.25. The van der Waals surface area contributed by atoms with Gasteiger partial charge in [-0.2, -0.15) is 0 Å². The number of benzene rings is 1. The van der Waals surface area contributed by atoms with Gasteiger partial charge in [-0.05, 0) is 24.1 Å². The third-order valence-corrected chi connectivity index (χ3v) is 2.20. The molecular weight excluding hydrogens is 204 g/mol. The Morgan fingerprint density at radius 1 is 1.50 bits per heavy atom. The van der Waals surface area contributed by atoms with Gasteiger partial charge in [-0.3, -0.25) is 10.4 Å². The van der Waals surface area contributed by atoms with Gasteiger partial charge in [0.2, 0.25) is 5.96 Å². The van der Waals surface area contributed by atoms with Crippen LogP contribution in [0.3, 0.4) is 0 Å². The zero-order valence-corrected chi connectivity index (χ0v) is 9.66. The average molecular weight is 222 g/mol. The number of hydrazine groups is 1. The molecule has 0 atom stereocenters. The Hall–Kier alpha value is -1.75. The maximum atomic E-state index is 5.25. The first kappa shape index (κ1) is 12.3. The minimum absolute atomic E-state index is 0.586. The lowest BCUT2D eigenvalue weighted by Crippen LogP contribution is -2.42. The lowest BCUT2D eigenvalue weighted by Gasteiger charge is -2.08. The number of hydrogen-bond donors (Lipinski definition) is 3. The number of aliphatic imine (C=N–C) groups is 1. The molecule has 5 nitrogen and oxygen atoms in total. The summed E-state index contributed by atoms with van der Waals surface area (Å²) in [6.45, 7) is 0.768. The molecule has 88 valence electrons. The summed E-state index contributed by atoms with van der Waals surface area (Å²) in [6, 6.07) is 7.98. The molecule has 1 rings (SSSR count). The summed E-state index contributed by atoms with van der Waals surface area (Å²) in [5.41, 5.74) is 3.68. The minimum atomic E-state index is 0.586. The van der Waals surface area contributed by atoms with Crippen molar-refractivity contribution < 1.29 is 4.74 Å². The molecule has 1 aromatic rings. The Morgan fingerprint density at radius 2 is 2.31 bits per heavy atom. The van der Waals surface area contributed by atoms with Gasteiger partial charge >= 0.3 is 0 Å². The van der Waals surface area contributed by atoms with E-state index in [1.165, 1.54) is 5.56 Å². The first-order valence-electron chi connectivity index (χ1n) is 5.10. The number of nitrogens with zero attached hydrogens (tertiary/aromatic N) is 1. The Morgan fingerprint density at radius 3 is 2.94 bits per heavy atom. The van der Waals surface area contributed by atoms with Crippen molar-refractivity contribution in [2.75, 3.05) is 20.7 Å². The quantitative estimate of drug-likeness (QED) is 0.296. The van der Waals surface area contributed by atoms with Crippen LogP contribution in [0.1, 0.15) is 5.56 Å². The molecule has 1 aromatic carbocycles. The van der Waals surface area contributed by atoms with Gasteiger partial charge in [-0.15, -0.1) is 0 Å². The lowest BCUT2D eigenvalue weighted by molar-refractivity contribution is 0.414. The Labute approximate surface area is 95.7 Å². The number of ether oxygens (including phenoxy) is 1. The molecular formula is C11H18N4O. The van der Waals surface area contributed by atoms with Gasteiger partial charge < -0.3 is 10.1 Å². The highest BCUT2D eigenvalue weighted by molar-refractivity contribution is 5.78. The molecule has 0 radical (unpaired) electrons. The number of hydrogen-bond acceptors (Lipinski definition) is 3. The van der Waals surface area contributed by atoms with Crippen LogP contribution in [-0.4, -0.2) is 26.7 Å². The van der Waals surface area contributed by atoms with Gasteiger partial charge in [0.25, 0.3) is 0 Å². The van der Waals surface area contributed by atoms with Crippen LogP contribution >= 0.6 is 0 Å². The van der Waals surface area contributed by atoms with Gasteiger partial charge in [-0.1, -0.05) is 12.1 Å². The fourth-order valence-corrected chi connectivity index (χ4v) is 1.35. The molecule has 0 aromatic heterocycles. The topological polar surface area (TPSA) is 71.7 Å². The molecule has 0 fully saturated rings. The van der Waals surface area contributed by atoms with Gasteiger partial charge in [-0.25, -0.2) is 5.84 Å². The van der Waals surface area contributed by atoms with Crippen molar-refractivity contribution in [3.63, 3.8) is 0 Å². The molecule has 0 amide bonds. The predicted octanol–water partition coefficient (Wildman–Crippen LogP) is 0.276. The molecule has 0 spiro atoms. The summed E-state index contributed by atoms with van der Waals surface area (Å²) >= 11 is 0. The van der Waals surface area contributed by atoms with E-state index in [-0.39, 0.29) is 0 Å². The van der Waals surface area contributed by atoms with E-state index in [1.54, 1.807) is 14.2 Å². The summed E-state index contributed by atoms with van der Waals surface area (Å²) in [4.78, 5) is 3.92. The molecule has 0 aliphatic carbocycles. The highest BCUT2D eigenvalue weighted by Crippen LogP contribution is 2.12. The number of methoxy groups -OCH3 is 1. The van der Waals surface area contributed by atoms with E-state index in [4.69, 9.17) is 10.6 Å². The van der Waals surface area contributed by atoms with E-state index >= 15 is 0 Å². The second-order valence-electron chi connectivity index (χ2n) is 3.24. The third kappa shape index (κ3) is 3.78. The molecule has 0 aliphatic rings. The number of rotatable bonds is 4. The van der Waals surface area contributed by atoms with Crippen molar-refractivity contribution in [2.24, 2.45) is 10.8 Å². The third-order valence-electron chi connectivity index (χ3n) is 2.20. The SMILES string of the molecule is CN=C(NN)NCCc1cccc(OC)c1. The molecule has 0 saturated heterocycles. The average Bonchev–Trinajstić information content (AvgIpc) is 2.35. The van der Waals surface area contributed by atoms with Crippen LogP contribution in [0.2, 0.25) is 0 Å². The standard InChI is InChI=1S/C11H18N4O/c1-13-11(15-12)14-7-6-9-4-3-5-10(8-9)16-2/h3-5,8H,6-7,12H2,1-2H3,(H2,13,14,15). The van der Waals surface area contributed by atoms with Crippen LogP contribution in [-0.2, 0) is 6.42 Å². The molecule has 0 heterocycles. The van der Waals surface area contributed by atoms with Crippen LogP contribution in [0.15, 0.2) is 29.3 Å². The zero-order chi connectivity index (χ0) is 11.8. The Kier molecular flexibility index (Phi) is 5.15. The first-order chi connectivity index (χ1) is 7.80. The number of guanidine groups is 1. The van der Waals surface area contributed by atoms with Crippen LogP contribution in [0.4, 0.5) is 0 Å². The summed E-state index contributed by atoms with van der Waals surface area (Å²) in [6.07, 6.45) is 0.887. The van der Waals surface area contributed by atoms with E-state index in [0.717, 1.165) is 18.7 Å². The van der Waals surface area contributed by atoms with Crippen molar-refractivity contribution in [3.05, 3.63) is 29.8 Å². The Bertz CT molecular complexity index is 352. The molecule has 0 bridgehead atoms. The van der Waals surface area contributed by atoms with Gasteiger partial charge in [0, 0.05) is 13.6 Å². The van der Waals surface area contributed by atoms with Crippen LogP contribution < -0.4 is 21.3 Å². The highest BCUT2D eigenvalue weighted by atomic mass is 16.5. The van der Waals surface area contributed by atoms with Gasteiger partial charge in [0.1, 0.15) is 5.75 Å². The first-order valence-corrected chi connectivity index (χ1v) is 5.10. The summed E-state index contributed by atoms with van der Waals surface area (Å²) in [7, 11) is 3.34. The van der Waals surface area contributed by atoms with Crippen molar-refractivity contribution >= 4 is 5.96 Å². The second-order valence-corrected chi connectivity index (χ2v) is 3.24. The monoisotopic (exact) mass is 222 g/mol. The van der Waals surface area contributed by atoms with E-state index in [0.29, 0.717) is 5.96 Å². The molecule has 0 saturated carbocycles. The van der Waals surface area contributed by atoms with Crippen molar-refractivity contribution in [1.29, 1.82) is 0 Å². The molecule has 16 heavy (non-hydrogen) atoms. The predicted molar refractivity (Wildman–Crippen MR) is 65.4 cm³/mol. The smallest absolute Gasteiger partial charge is 0.205 e. The van der Waals surface area contributed by atoms with Crippen molar-refractivity contribution in [1.82, 2.24) is 10.7 Å². The second kappa shape index (κ2) is 6.68. The van der Waals surface area contributed by atoms with Crippen molar-refractivity contribution in [2.45, 2.75) is 6.42 Å². The van der Waals surface area contributed by atoms with E-state index < -0.39 is 0 Å². The van der Waals surface area contributed by atoms with Gasteiger partial charge in [0.15, 0.2) is 0 Å². The Balaban J connectivity index is 2.42. The fraction of sp³-hybridized carbons (Fsp3) is 0.364. The van der Waals surface area contributed by atoms with E-state index in [1.807, 2.05) is 18.2 Å². The largest absolute Gasteiger partial charge is 0.497 e. The lowest BCUT2D eigenvalue weighted by atomic mass is 10.1. The van der Waals surface area contributed by atoms with E-state index in [9.17, 15) is 0 Å². The molecule has 0 unspecified atom stereocenters.